The Labute approximate surface area is 76.5 Å². The quantitative estimate of drug-likeness (QED) is 0.716. The van der Waals surface area contributed by atoms with Crippen LogP contribution < -0.4 is 5.73 Å². The molecule has 0 unspecified atom stereocenters. The van der Waals surface area contributed by atoms with Gasteiger partial charge in [0.15, 0.2) is 0 Å². The van der Waals surface area contributed by atoms with Gasteiger partial charge in [-0.25, -0.2) is 4.79 Å². The lowest BCUT2D eigenvalue weighted by Gasteiger charge is -2.01. The number of nitrogen functional groups attached to an aromatic ring is 1. The molecule has 1 heterocycles. The molecular weight excluding hydrogens is 170 g/mol. The fraction of sp³-hybridized carbons (Fsp3) is 0.500. The van der Waals surface area contributed by atoms with Gasteiger partial charge in [-0.1, -0.05) is 13.3 Å². The van der Waals surface area contributed by atoms with Crippen molar-refractivity contribution in [1.29, 1.82) is 0 Å². The van der Waals surface area contributed by atoms with Crippen molar-refractivity contribution < 1.29 is 9.53 Å². The van der Waals surface area contributed by atoms with Crippen molar-refractivity contribution in [2.24, 2.45) is 0 Å². The van der Waals surface area contributed by atoms with Gasteiger partial charge in [0.2, 0.25) is 0 Å². The molecule has 13 heavy (non-hydrogen) atoms. The topological polar surface area (TPSA) is 70.1 Å². The molecule has 2 N–H and O–H groups in total. The molecule has 0 aliphatic carbocycles. The van der Waals surface area contributed by atoms with E-state index in [0.717, 1.165) is 17.5 Å². The van der Waals surface area contributed by atoms with Crippen LogP contribution in [0.5, 0.6) is 0 Å². The molecular formula is C8H13N3O2. The number of aromatic nitrogens is 2. The van der Waals surface area contributed by atoms with Crippen molar-refractivity contribution in [2.45, 2.75) is 19.8 Å². The molecule has 1 rings (SSSR count). The van der Waals surface area contributed by atoms with Crippen LogP contribution in [0.25, 0.3) is 0 Å². The van der Waals surface area contributed by atoms with Crippen LogP contribution in [0, 0.1) is 0 Å². The van der Waals surface area contributed by atoms with Gasteiger partial charge in [-0.3, -0.25) is 0 Å². The van der Waals surface area contributed by atoms with Crippen molar-refractivity contribution in [2.75, 3.05) is 12.3 Å². The van der Waals surface area contributed by atoms with Gasteiger partial charge in [-0.2, -0.15) is 4.68 Å². The molecule has 0 fully saturated rings. The highest BCUT2D eigenvalue weighted by Crippen LogP contribution is 1.97. The van der Waals surface area contributed by atoms with E-state index in [1.807, 2.05) is 6.92 Å². The SMILES string of the molecule is CCCCOC(=O)n1ccc(N)n1. The first-order valence-electron chi connectivity index (χ1n) is 4.22. The van der Waals surface area contributed by atoms with Crippen molar-refractivity contribution in [3.63, 3.8) is 0 Å². The Morgan fingerprint density at radius 1 is 1.77 bits per heavy atom. The number of ether oxygens (including phenoxy) is 1. The molecule has 0 spiro atoms. The Hall–Kier alpha value is -1.52. The molecule has 0 aromatic carbocycles. The van der Waals surface area contributed by atoms with Crippen molar-refractivity contribution in [1.82, 2.24) is 9.78 Å². The molecule has 1 aromatic rings. The van der Waals surface area contributed by atoms with E-state index in [2.05, 4.69) is 5.10 Å². The van der Waals surface area contributed by atoms with E-state index in [4.69, 9.17) is 10.5 Å². The Kier molecular flexibility index (Phi) is 3.31. The number of rotatable bonds is 3. The third-order valence-corrected chi connectivity index (χ3v) is 1.52. The van der Waals surface area contributed by atoms with Crippen LogP contribution >= 0.6 is 0 Å². The van der Waals surface area contributed by atoms with Gasteiger partial charge in [-0.15, -0.1) is 5.10 Å². The summed E-state index contributed by atoms with van der Waals surface area (Å²) in [6.45, 7) is 2.45. The molecule has 5 heteroatoms. The average Bonchev–Trinajstić information content (AvgIpc) is 2.52. The lowest BCUT2D eigenvalue weighted by Crippen LogP contribution is -2.15. The van der Waals surface area contributed by atoms with Crippen LogP contribution in [0.1, 0.15) is 19.8 Å². The van der Waals surface area contributed by atoms with Crippen LogP contribution in [0.15, 0.2) is 12.3 Å². The molecule has 0 aliphatic heterocycles. The number of nitrogens with zero attached hydrogens (tertiary/aromatic N) is 2. The number of carbonyl (C=O) groups is 1. The Bertz CT molecular complexity index is 283. The van der Waals surface area contributed by atoms with Gasteiger partial charge in [0.05, 0.1) is 6.61 Å². The smallest absolute Gasteiger partial charge is 0.434 e. The summed E-state index contributed by atoms with van der Waals surface area (Å²) >= 11 is 0. The number of anilines is 1. The van der Waals surface area contributed by atoms with Crippen molar-refractivity contribution >= 4 is 11.9 Å². The molecule has 0 amide bonds. The molecule has 72 valence electrons. The zero-order valence-corrected chi connectivity index (χ0v) is 7.56. The Balaban J connectivity index is 2.40. The standard InChI is InChI=1S/C8H13N3O2/c1-2-3-6-13-8(12)11-5-4-7(9)10-11/h4-5H,2-3,6H2,1H3,(H2,9,10). The van der Waals surface area contributed by atoms with Gasteiger partial charge in [-0.05, 0) is 6.42 Å². The molecule has 0 atom stereocenters. The number of carbonyl (C=O) groups excluding carboxylic acids is 1. The number of nitrogens with two attached hydrogens (primary N) is 1. The maximum absolute atomic E-state index is 11.2. The van der Waals surface area contributed by atoms with E-state index in [9.17, 15) is 4.79 Å². The predicted molar refractivity (Wildman–Crippen MR) is 48.3 cm³/mol. The molecule has 1 aromatic heterocycles. The Morgan fingerprint density at radius 2 is 2.54 bits per heavy atom. The minimum atomic E-state index is -0.481. The molecule has 0 saturated heterocycles. The van der Waals surface area contributed by atoms with Crippen molar-refractivity contribution in [3.8, 4) is 0 Å². The zero-order valence-electron chi connectivity index (χ0n) is 7.56. The highest BCUT2D eigenvalue weighted by Gasteiger charge is 2.05. The molecule has 0 radical (unpaired) electrons. The maximum Gasteiger partial charge on any atom is 0.434 e. The third-order valence-electron chi connectivity index (χ3n) is 1.52. The lowest BCUT2D eigenvalue weighted by molar-refractivity contribution is 0.143. The van der Waals surface area contributed by atoms with Gasteiger partial charge < -0.3 is 10.5 Å². The first kappa shape index (κ1) is 9.57. The fourth-order valence-electron chi connectivity index (χ4n) is 0.810. The summed E-state index contributed by atoms with van der Waals surface area (Å²) in [5, 5.41) is 3.71. The molecule has 0 bridgehead atoms. The monoisotopic (exact) mass is 183 g/mol. The van der Waals surface area contributed by atoms with Crippen LogP contribution in [0.4, 0.5) is 10.6 Å². The number of hydrogen-bond donors (Lipinski definition) is 1. The molecule has 5 nitrogen and oxygen atoms in total. The largest absolute Gasteiger partial charge is 0.448 e. The van der Waals surface area contributed by atoms with Crippen LogP contribution in [-0.2, 0) is 4.74 Å². The minimum Gasteiger partial charge on any atom is -0.448 e. The summed E-state index contributed by atoms with van der Waals surface area (Å²) in [7, 11) is 0. The van der Waals surface area contributed by atoms with Gasteiger partial charge in [0, 0.05) is 12.3 Å². The maximum atomic E-state index is 11.2. The minimum absolute atomic E-state index is 0.312. The van der Waals surface area contributed by atoms with E-state index in [0.29, 0.717) is 12.4 Å². The van der Waals surface area contributed by atoms with Gasteiger partial charge in [0.25, 0.3) is 0 Å². The normalized spacial score (nSPS) is 9.92. The highest BCUT2D eigenvalue weighted by molar-refractivity contribution is 5.69. The van der Waals surface area contributed by atoms with Crippen LogP contribution in [-0.4, -0.2) is 22.5 Å². The number of unbranched alkanes of at least 4 members (excludes halogenated alkanes) is 1. The fourth-order valence-corrected chi connectivity index (χ4v) is 0.810. The van der Waals surface area contributed by atoms with Crippen LogP contribution in [0.2, 0.25) is 0 Å². The van der Waals surface area contributed by atoms with Gasteiger partial charge in [0.1, 0.15) is 5.82 Å². The van der Waals surface area contributed by atoms with E-state index < -0.39 is 6.09 Å². The lowest BCUT2D eigenvalue weighted by atomic mass is 10.4. The van der Waals surface area contributed by atoms with E-state index >= 15 is 0 Å². The first-order chi connectivity index (χ1) is 6.24. The summed E-state index contributed by atoms with van der Waals surface area (Å²) in [5.41, 5.74) is 5.33. The summed E-state index contributed by atoms with van der Waals surface area (Å²) in [6, 6.07) is 1.54. The van der Waals surface area contributed by atoms with E-state index in [1.54, 1.807) is 6.07 Å². The second-order valence-electron chi connectivity index (χ2n) is 2.65. The predicted octanol–water partition coefficient (Wildman–Crippen LogP) is 1.25. The van der Waals surface area contributed by atoms with E-state index in [-0.39, 0.29) is 0 Å². The molecule has 0 aliphatic rings. The second-order valence-corrected chi connectivity index (χ2v) is 2.65. The summed E-state index contributed by atoms with van der Waals surface area (Å²) in [6.07, 6.45) is 2.85. The third kappa shape index (κ3) is 2.77. The van der Waals surface area contributed by atoms with Crippen LogP contribution in [0.3, 0.4) is 0 Å². The zero-order chi connectivity index (χ0) is 9.68. The first-order valence-corrected chi connectivity index (χ1v) is 4.22. The average molecular weight is 183 g/mol. The Morgan fingerprint density at radius 3 is 3.08 bits per heavy atom. The van der Waals surface area contributed by atoms with Gasteiger partial charge >= 0.3 is 6.09 Å². The summed E-state index contributed by atoms with van der Waals surface area (Å²) in [5.74, 6) is 0.312. The second kappa shape index (κ2) is 4.49. The van der Waals surface area contributed by atoms with E-state index in [1.165, 1.54) is 6.20 Å². The summed E-state index contributed by atoms with van der Waals surface area (Å²) < 4.78 is 5.98. The number of hydrogen-bond acceptors (Lipinski definition) is 4. The molecule has 0 saturated carbocycles. The highest BCUT2D eigenvalue weighted by atomic mass is 16.6. The van der Waals surface area contributed by atoms with Crippen molar-refractivity contribution in [3.05, 3.63) is 12.3 Å². The summed E-state index contributed by atoms with van der Waals surface area (Å²) in [4.78, 5) is 11.2.